The van der Waals surface area contributed by atoms with Gasteiger partial charge in [-0.2, -0.15) is 0 Å². The van der Waals surface area contributed by atoms with E-state index in [0.717, 1.165) is 0 Å². The summed E-state index contributed by atoms with van der Waals surface area (Å²) in [5.74, 6) is 0. The number of anilines is 2. The number of hydrogen-bond donors (Lipinski definition) is 2. The van der Waals surface area contributed by atoms with Crippen molar-refractivity contribution in [3.05, 3.63) is 42.5 Å². The van der Waals surface area contributed by atoms with Crippen LogP contribution in [0.1, 0.15) is 5.56 Å². The highest BCUT2D eigenvalue weighted by Gasteiger charge is 2.19. The average molecular weight is 264 g/mol. The van der Waals surface area contributed by atoms with Crippen molar-refractivity contribution in [3.63, 3.8) is 0 Å². The lowest BCUT2D eigenvalue weighted by Gasteiger charge is -2.11. The average Bonchev–Trinajstić information content (AvgIpc) is 2.28. The maximum Gasteiger partial charge on any atom is 0.264 e. The van der Waals surface area contributed by atoms with Gasteiger partial charge in [-0.05, 0) is 18.6 Å². The Morgan fingerprint density at radius 2 is 1.89 bits per heavy atom. The van der Waals surface area contributed by atoms with Crippen LogP contribution in [0.5, 0.6) is 0 Å². The normalized spacial score (nSPS) is 11.2. The summed E-state index contributed by atoms with van der Waals surface area (Å²) in [7, 11) is -3.73. The van der Waals surface area contributed by atoms with Gasteiger partial charge >= 0.3 is 0 Å². The summed E-state index contributed by atoms with van der Waals surface area (Å²) in [6, 6.07) is 4.94. The number of nitrogens with two attached hydrogens (primary N) is 1. The molecule has 6 nitrogen and oxygen atoms in total. The van der Waals surface area contributed by atoms with Crippen molar-refractivity contribution >= 4 is 21.4 Å². The Morgan fingerprint density at radius 1 is 1.22 bits per heavy atom. The second kappa shape index (κ2) is 4.61. The predicted molar refractivity (Wildman–Crippen MR) is 68.4 cm³/mol. The van der Waals surface area contributed by atoms with E-state index in [1.165, 1.54) is 18.7 Å². The van der Waals surface area contributed by atoms with Crippen LogP contribution in [0.3, 0.4) is 0 Å². The van der Waals surface area contributed by atoms with Gasteiger partial charge < -0.3 is 5.73 Å². The molecular weight excluding hydrogens is 252 g/mol. The van der Waals surface area contributed by atoms with E-state index >= 15 is 0 Å². The molecule has 0 aliphatic rings. The van der Waals surface area contributed by atoms with E-state index in [4.69, 9.17) is 5.73 Å². The summed E-state index contributed by atoms with van der Waals surface area (Å²) in [6.07, 6.45) is 4.07. The van der Waals surface area contributed by atoms with Gasteiger partial charge in [0.15, 0.2) is 0 Å². The third-order valence-electron chi connectivity index (χ3n) is 2.32. The van der Waals surface area contributed by atoms with Crippen molar-refractivity contribution in [2.24, 2.45) is 0 Å². The molecule has 1 aromatic heterocycles. The van der Waals surface area contributed by atoms with Crippen LogP contribution in [-0.4, -0.2) is 18.4 Å². The minimum Gasteiger partial charge on any atom is -0.398 e. The van der Waals surface area contributed by atoms with Crippen molar-refractivity contribution in [2.75, 3.05) is 10.5 Å². The molecule has 1 heterocycles. The SMILES string of the molecule is Cc1cccc(N)c1S(=O)(=O)Nc1cncnc1. The molecule has 94 valence electrons. The highest BCUT2D eigenvalue weighted by Crippen LogP contribution is 2.24. The molecule has 0 radical (unpaired) electrons. The van der Waals surface area contributed by atoms with E-state index in [0.29, 0.717) is 11.3 Å². The van der Waals surface area contributed by atoms with E-state index in [1.54, 1.807) is 25.1 Å². The summed E-state index contributed by atoms with van der Waals surface area (Å²) in [4.78, 5) is 7.55. The van der Waals surface area contributed by atoms with Gasteiger partial charge in [0, 0.05) is 0 Å². The van der Waals surface area contributed by atoms with Gasteiger partial charge in [-0.15, -0.1) is 0 Å². The Hall–Kier alpha value is -2.15. The van der Waals surface area contributed by atoms with E-state index in [9.17, 15) is 8.42 Å². The van der Waals surface area contributed by atoms with Crippen LogP contribution in [0.15, 0.2) is 41.8 Å². The van der Waals surface area contributed by atoms with E-state index < -0.39 is 10.0 Å². The van der Waals surface area contributed by atoms with Crippen LogP contribution in [0, 0.1) is 6.92 Å². The first-order valence-corrected chi connectivity index (χ1v) is 6.62. The molecule has 0 bridgehead atoms. The Labute approximate surface area is 105 Å². The molecule has 2 aromatic rings. The first-order valence-electron chi connectivity index (χ1n) is 5.13. The number of sulfonamides is 1. The van der Waals surface area contributed by atoms with Crippen molar-refractivity contribution < 1.29 is 8.42 Å². The molecule has 7 heteroatoms. The van der Waals surface area contributed by atoms with Crippen LogP contribution < -0.4 is 10.5 Å². The molecule has 0 saturated carbocycles. The van der Waals surface area contributed by atoms with Gasteiger partial charge in [0.2, 0.25) is 0 Å². The highest BCUT2D eigenvalue weighted by molar-refractivity contribution is 7.93. The number of aromatic nitrogens is 2. The summed E-state index contributed by atoms with van der Waals surface area (Å²) in [5.41, 5.74) is 6.79. The Bertz CT molecular complexity index is 636. The van der Waals surface area contributed by atoms with E-state index in [-0.39, 0.29) is 10.6 Å². The molecule has 0 aliphatic heterocycles. The topological polar surface area (TPSA) is 98.0 Å². The monoisotopic (exact) mass is 264 g/mol. The number of nitrogens with zero attached hydrogens (tertiary/aromatic N) is 2. The molecule has 0 fully saturated rings. The largest absolute Gasteiger partial charge is 0.398 e. The molecule has 2 rings (SSSR count). The summed E-state index contributed by atoms with van der Waals surface area (Å²) >= 11 is 0. The van der Waals surface area contributed by atoms with E-state index in [2.05, 4.69) is 14.7 Å². The minimum atomic E-state index is -3.73. The maximum absolute atomic E-state index is 12.2. The van der Waals surface area contributed by atoms with Gasteiger partial charge in [-0.3, -0.25) is 4.72 Å². The second-order valence-electron chi connectivity index (χ2n) is 3.73. The third kappa shape index (κ3) is 2.40. The fourth-order valence-electron chi connectivity index (χ4n) is 1.60. The minimum absolute atomic E-state index is 0.0776. The van der Waals surface area contributed by atoms with Gasteiger partial charge in [0.05, 0.1) is 23.8 Å². The smallest absolute Gasteiger partial charge is 0.264 e. The summed E-state index contributed by atoms with van der Waals surface area (Å²) < 4.78 is 26.8. The Morgan fingerprint density at radius 3 is 2.50 bits per heavy atom. The third-order valence-corrected chi connectivity index (χ3v) is 3.92. The second-order valence-corrected chi connectivity index (χ2v) is 5.35. The fraction of sp³-hybridized carbons (Fsp3) is 0.0909. The van der Waals surface area contributed by atoms with Crippen molar-refractivity contribution in [2.45, 2.75) is 11.8 Å². The molecule has 0 unspecified atom stereocenters. The zero-order valence-electron chi connectivity index (χ0n) is 9.66. The molecule has 0 amide bonds. The van der Waals surface area contributed by atoms with Crippen LogP contribution in [0.2, 0.25) is 0 Å². The van der Waals surface area contributed by atoms with Crippen molar-refractivity contribution in [3.8, 4) is 0 Å². The fourth-order valence-corrected chi connectivity index (χ4v) is 2.99. The summed E-state index contributed by atoms with van der Waals surface area (Å²) in [6.45, 7) is 1.69. The standard InChI is InChI=1S/C11H12N4O2S/c1-8-3-2-4-10(12)11(8)18(16,17)15-9-5-13-7-14-6-9/h2-7,15H,12H2,1H3. The van der Waals surface area contributed by atoms with Gasteiger partial charge in [0.1, 0.15) is 11.2 Å². The van der Waals surface area contributed by atoms with Crippen LogP contribution in [-0.2, 0) is 10.0 Å². The molecule has 3 N–H and O–H groups in total. The number of nitrogen functional groups attached to an aromatic ring is 1. The molecule has 0 aliphatic carbocycles. The van der Waals surface area contributed by atoms with Crippen molar-refractivity contribution in [1.29, 1.82) is 0 Å². The van der Waals surface area contributed by atoms with Crippen LogP contribution in [0.4, 0.5) is 11.4 Å². The first kappa shape index (κ1) is 12.3. The number of rotatable bonds is 3. The van der Waals surface area contributed by atoms with E-state index in [1.807, 2.05) is 0 Å². The lowest BCUT2D eigenvalue weighted by Crippen LogP contribution is -2.16. The zero-order chi connectivity index (χ0) is 13.2. The molecule has 1 aromatic carbocycles. The van der Waals surface area contributed by atoms with Crippen LogP contribution in [0.25, 0.3) is 0 Å². The maximum atomic E-state index is 12.2. The summed E-state index contributed by atoms with van der Waals surface area (Å²) in [5, 5.41) is 0. The van der Waals surface area contributed by atoms with Gasteiger partial charge in [-0.1, -0.05) is 12.1 Å². The lowest BCUT2D eigenvalue weighted by atomic mass is 10.2. The Kier molecular flexibility index (Phi) is 3.15. The quantitative estimate of drug-likeness (QED) is 0.811. The molecular formula is C11H12N4O2S. The van der Waals surface area contributed by atoms with Crippen LogP contribution >= 0.6 is 0 Å². The number of hydrogen-bond acceptors (Lipinski definition) is 5. The predicted octanol–water partition coefficient (Wildman–Crippen LogP) is 1.17. The van der Waals surface area contributed by atoms with Crippen molar-refractivity contribution in [1.82, 2.24) is 9.97 Å². The zero-order valence-corrected chi connectivity index (χ0v) is 10.5. The molecule has 18 heavy (non-hydrogen) atoms. The van der Waals surface area contributed by atoms with Gasteiger partial charge in [-0.25, -0.2) is 18.4 Å². The molecule has 0 spiro atoms. The van der Waals surface area contributed by atoms with Gasteiger partial charge in [0.25, 0.3) is 10.0 Å². The molecule has 0 saturated heterocycles. The Balaban J connectivity index is 2.44. The number of nitrogens with one attached hydrogen (secondary N) is 1. The molecule has 0 atom stereocenters. The first-order chi connectivity index (χ1) is 8.50. The lowest BCUT2D eigenvalue weighted by molar-refractivity contribution is 0.601. The highest BCUT2D eigenvalue weighted by atomic mass is 32.2. The number of aryl methyl sites for hydroxylation is 1. The number of benzene rings is 1.